The van der Waals surface area contributed by atoms with Crippen LogP contribution in [0.5, 0.6) is 0 Å². The zero-order valence-corrected chi connectivity index (χ0v) is 22.0. The zero-order chi connectivity index (χ0) is 17.7. The van der Waals surface area contributed by atoms with Gasteiger partial charge in [0.05, 0.1) is 0 Å². The second-order valence-corrected chi connectivity index (χ2v) is 8.22. The van der Waals surface area contributed by atoms with E-state index in [4.69, 9.17) is 0 Å². The van der Waals surface area contributed by atoms with E-state index in [1.807, 2.05) is 0 Å². The van der Waals surface area contributed by atoms with Crippen molar-refractivity contribution in [3.8, 4) is 0 Å². The van der Waals surface area contributed by atoms with E-state index in [1.54, 1.807) is 5.56 Å². The first-order chi connectivity index (χ1) is 11.3. The average molecular weight is 487 g/mol. The third-order valence-electron chi connectivity index (χ3n) is 6.14. The average Bonchev–Trinajstić information content (AvgIpc) is 2.95. The van der Waals surface area contributed by atoms with Crippen molar-refractivity contribution in [3.05, 3.63) is 52.1 Å². The fourth-order valence-electron chi connectivity index (χ4n) is 4.01. The van der Waals surface area contributed by atoms with Crippen LogP contribution in [-0.2, 0) is 32.6 Å². The van der Waals surface area contributed by atoms with Gasteiger partial charge in [0.15, 0.2) is 0 Å². The smallest absolute Gasteiger partial charge is 1.00 e. The summed E-state index contributed by atoms with van der Waals surface area (Å²) in [7, 11) is 0. The van der Waals surface area contributed by atoms with Crippen molar-refractivity contribution in [2.75, 3.05) is 0 Å². The maximum atomic E-state index is 3.44. The molecular weight excluding hydrogens is 450 g/mol. The first kappa shape index (κ1) is 29.5. The van der Waals surface area contributed by atoms with Gasteiger partial charge in [-0.2, -0.15) is 34.4 Å². The second kappa shape index (κ2) is 13.5. The number of halogens is 2. The van der Waals surface area contributed by atoms with E-state index in [2.05, 4.69) is 65.8 Å². The number of rotatable bonds is 2. The topological polar surface area (TPSA) is 0 Å². The molecule has 3 heteroatoms. The van der Waals surface area contributed by atoms with Crippen LogP contribution >= 0.6 is 0 Å². The van der Waals surface area contributed by atoms with Gasteiger partial charge in [-0.15, -0.1) is 6.92 Å². The molecule has 0 amide bonds. The van der Waals surface area contributed by atoms with Crippen molar-refractivity contribution in [2.45, 2.75) is 92.4 Å². The summed E-state index contributed by atoms with van der Waals surface area (Å²) in [6.45, 7) is 13.2. The third-order valence-corrected chi connectivity index (χ3v) is 6.14. The first-order valence-corrected chi connectivity index (χ1v) is 9.90. The summed E-state index contributed by atoms with van der Waals surface area (Å²) in [5.74, 6) is 0.873. The molecule has 0 saturated heterocycles. The number of hydrogen-bond donors (Lipinski definition) is 0. The quantitative estimate of drug-likeness (QED) is 0.439. The van der Waals surface area contributed by atoms with Gasteiger partial charge < -0.3 is 24.8 Å². The van der Waals surface area contributed by atoms with Crippen molar-refractivity contribution in [2.24, 2.45) is 5.41 Å². The van der Waals surface area contributed by atoms with Crippen LogP contribution in [0.25, 0.3) is 0 Å². The Balaban J connectivity index is 0. The van der Waals surface area contributed by atoms with Crippen molar-refractivity contribution < 1.29 is 51.0 Å². The molecule has 2 aliphatic carbocycles. The van der Waals surface area contributed by atoms with Gasteiger partial charge in [-0.1, -0.05) is 90.9 Å². The van der Waals surface area contributed by atoms with E-state index in [9.17, 15) is 0 Å². The van der Waals surface area contributed by atoms with Crippen LogP contribution in [0.15, 0.2) is 34.9 Å². The molecule has 3 rings (SSSR count). The van der Waals surface area contributed by atoms with Gasteiger partial charge in [0.1, 0.15) is 0 Å². The van der Waals surface area contributed by atoms with Crippen LogP contribution in [0.1, 0.15) is 97.1 Å². The van der Waals surface area contributed by atoms with Crippen LogP contribution in [-0.4, -0.2) is 0 Å². The van der Waals surface area contributed by atoms with Gasteiger partial charge in [-0.25, -0.2) is 11.6 Å². The Morgan fingerprint density at radius 1 is 1.04 bits per heavy atom. The standard InChI is InChI=1S/C14H21.C10H15.2ClH.Zr/c1-2-12-9-10-14(11-12)13-7-5-3-4-6-8-13;1-7-6-10(4,5)9(3)8(7)2;;;/h9-11,13H,2-8H2,1H3;1-5H3;2*1H;/q2*-1;;;+4/p-2. The molecule has 1 aromatic carbocycles. The van der Waals surface area contributed by atoms with Crippen molar-refractivity contribution >= 4 is 0 Å². The van der Waals surface area contributed by atoms with Crippen LogP contribution in [0.4, 0.5) is 0 Å². The van der Waals surface area contributed by atoms with Crippen LogP contribution in [0.2, 0.25) is 0 Å². The molecule has 0 nitrogen and oxygen atoms in total. The molecule has 0 bridgehead atoms. The van der Waals surface area contributed by atoms with Crippen LogP contribution < -0.4 is 24.8 Å². The second-order valence-electron chi connectivity index (χ2n) is 8.22. The Labute approximate surface area is 200 Å². The Morgan fingerprint density at radius 3 is 1.93 bits per heavy atom. The number of allylic oxidation sites excluding steroid dienone is 4. The molecule has 1 saturated carbocycles. The summed E-state index contributed by atoms with van der Waals surface area (Å²) in [6.07, 6.45) is 13.3. The van der Waals surface area contributed by atoms with Gasteiger partial charge in [0, 0.05) is 0 Å². The molecule has 0 aliphatic heterocycles. The SMILES string of the molecule is CC1=[C-]C(C)(C)C(C)=C1C.CC[c-]1ccc(C2CCCCCC2)c1.[Cl-].[Cl-].[Zr+4]. The molecule has 0 heterocycles. The molecule has 150 valence electrons. The normalized spacial score (nSPS) is 18.8. The van der Waals surface area contributed by atoms with E-state index >= 15 is 0 Å². The molecule has 0 radical (unpaired) electrons. The van der Waals surface area contributed by atoms with Gasteiger partial charge >= 0.3 is 26.2 Å². The Morgan fingerprint density at radius 2 is 1.59 bits per heavy atom. The monoisotopic (exact) mass is 484 g/mol. The molecule has 0 N–H and O–H groups in total. The molecule has 0 aromatic heterocycles. The van der Waals surface area contributed by atoms with Crippen LogP contribution in [0.3, 0.4) is 0 Å². The predicted octanol–water partition coefficient (Wildman–Crippen LogP) is 1.52. The molecule has 2 aliphatic rings. The van der Waals surface area contributed by atoms with E-state index in [0.29, 0.717) is 0 Å². The van der Waals surface area contributed by atoms with Crippen molar-refractivity contribution in [3.63, 3.8) is 0 Å². The Hall–Kier alpha value is 0.293. The number of hydrogen-bond acceptors (Lipinski definition) is 0. The minimum atomic E-state index is 0. The summed E-state index contributed by atoms with van der Waals surface area (Å²) < 4.78 is 0. The van der Waals surface area contributed by atoms with Gasteiger partial charge in [0.25, 0.3) is 0 Å². The van der Waals surface area contributed by atoms with E-state index < -0.39 is 0 Å². The molecule has 0 spiro atoms. The van der Waals surface area contributed by atoms with Gasteiger partial charge in [-0.3, -0.25) is 6.08 Å². The number of aryl methyl sites for hydroxylation is 1. The maximum Gasteiger partial charge on any atom is 4.00 e. The fourth-order valence-corrected chi connectivity index (χ4v) is 4.01. The molecule has 0 unspecified atom stereocenters. The summed E-state index contributed by atoms with van der Waals surface area (Å²) in [6, 6.07) is 7.09. The van der Waals surface area contributed by atoms with Gasteiger partial charge in [-0.05, 0) is 0 Å². The summed E-state index contributed by atoms with van der Waals surface area (Å²) in [5, 5.41) is 0. The summed E-state index contributed by atoms with van der Waals surface area (Å²) in [5.41, 5.74) is 7.53. The largest absolute Gasteiger partial charge is 4.00 e. The maximum absolute atomic E-state index is 3.44. The molecule has 1 fully saturated rings. The van der Waals surface area contributed by atoms with E-state index in [0.717, 1.165) is 5.92 Å². The Kier molecular flexibility index (Phi) is 14.8. The zero-order valence-electron chi connectivity index (χ0n) is 18.0. The Bertz CT molecular complexity index is 600. The van der Waals surface area contributed by atoms with Crippen molar-refractivity contribution in [1.82, 2.24) is 0 Å². The minimum Gasteiger partial charge on any atom is -1.00 e. The fraction of sp³-hybridized carbons (Fsp3) is 0.625. The summed E-state index contributed by atoms with van der Waals surface area (Å²) in [4.78, 5) is 0. The molecule has 0 atom stereocenters. The van der Waals surface area contributed by atoms with Gasteiger partial charge in [0.2, 0.25) is 0 Å². The van der Waals surface area contributed by atoms with E-state index in [-0.39, 0.29) is 56.4 Å². The van der Waals surface area contributed by atoms with Crippen LogP contribution in [0, 0.1) is 11.5 Å². The summed E-state index contributed by atoms with van der Waals surface area (Å²) >= 11 is 0. The van der Waals surface area contributed by atoms with E-state index in [1.165, 1.54) is 67.2 Å². The predicted molar refractivity (Wildman–Crippen MR) is 106 cm³/mol. The first-order valence-electron chi connectivity index (χ1n) is 9.90. The third kappa shape index (κ3) is 8.28. The molecule has 27 heavy (non-hydrogen) atoms. The molecule has 1 aromatic rings. The minimum absolute atomic E-state index is 0. The molecular formula is C24H36Cl2Zr. The van der Waals surface area contributed by atoms with Crippen molar-refractivity contribution in [1.29, 1.82) is 0 Å².